The zero-order valence-corrected chi connectivity index (χ0v) is 14.3. The van der Waals surface area contributed by atoms with E-state index >= 15 is 0 Å². The second-order valence-corrected chi connectivity index (χ2v) is 5.91. The van der Waals surface area contributed by atoms with Gasteiger partial charge in [0.1, 0.15) is 5.54 Å². The Balaban J connectivity index is 2.43. The second-order valence-electron chi connectivity index (χ2n) is 5.91. The van der Waals surface area contributed by atoms with Gasteiger partial charge in [0, 0.05) is 19.2 Å². The lowest BCUT2D eigenvalue weighted by atomic mass is 9.96. The third-order valence-corrected chi connectivity index (χ3v) is 4.07. The molecule has 0 bridgehead atoms. The van der Waals surface area contributed by atoms with Crippen LogP contribution in [0.15, 0.2) is 11.1 Å². The second kappa shape index (κ2) is 8.57. The fourth-order valence-corrected chi connectivity index (χ4v) is 2.48. The average Bonchev–Trinajstić information content (AvgIpc) is 3.12. The van der Waals surface area contributed by atoms with Crippen molar-refractivity contribution in [2.75, 3.05) is 26.4 Å². The molecule has 2 unspecified atom stereocenters. The predicted molar refractivity (Wildman–Crippen MR) is 84.5 cm³/mol. The maximum Gasteiger partial charge on any atom is 0.322 e. The van der Waals surface area contributed by atoms with Crippen molar-refractivity contribution in [3.8, 4) is 0 Å². The highest BCUT2D eigenvalue weighted by Crippen LogP contribution is 2.25. The van der Waals surface area contributed by atoms with Crippen molar-refractivity contribution in [1.82, 2.24) is 0 Å². The van der Waals surface area contributed by atoms with Crippen LogP contribution >= 0.6 is 0 Å². The molecule has 0 radical (unpaired) electrons. The maximum atomic E-state index is 13.9. The van der Waals surface area contributed by atoms with E-state index in [4.69, 9.17) is 9.47 Å². The van der Waals surface area contributed by atoms with Crippen molar-refractivity contribution in [2.45, 2.75) is 18.9 Å². The van der Waals surface area contributed by atoms with Crippen molar-refractivity contribution >= 4 is 18.0 Å². The molecule has 0 amide bonds. The first-order chi connectivity index (χ1) is 12.8. The van der Waals surface area contributed by atoms with Crippen molar-refractivity contribution in [1.29, 1.82) is 0 Å². The van der Waals surface area contributed by atoms with Gasteiger partial charge < -0.3 is 14.6 Å². The summed E-state index contributed by atoms with van der Waals surface area (Å²) in [6.45, 7) is 1.20. The molecule has 1 aliphatic heterocycles. The number of carbonyl (C=O) groups is 2. The van der Waals surface area contributed by atoms with E-state index in [-0.39, 0.29) is 19.3 Å². The molecule has 1 saturated heterocycles. The van der Waals surface area contributed by atoms with Gasteiger partial charge in [-0.15, -0.1) is 0 Å². The summed E-state index contributed by atoms with van der Waals surface area (Å²) in [6, 6.07) is 0.163. The van der Waals surface area contributed by atoms with Crippen LogP contribution in [0.25, 0.3) is 0 Å². The van der Waals surface area contributed by atoms with Gasteiger partial charge in [0.15, 0.2) is 35.0 Å². The number of hydrogen-bond donors (Lipinski definition) is 1. The number of carbonyl (C=O) groups excluding carboxylic acids is 2. The molecule has 148 valence electrons. The number of esters is 1. The molecule has 6 nitrogen and oxygen atoms in total. The number of rotatable bonds is 7. The van der Waals surface area contributed by atoms with Gasteiger partial charge in [0.2, 0.25) is 0 Å². The molecule has 1 heterocycles. The third kappa shape index (κ3) is 4.33. The summed E-state index contributed by atoms with van der Waals surface area (Å²) in [7, 11) is 0. The topological polar surface area (TPSA) is 85.2 Å². The van der Waals surface area contributed by atoms with Crippen LogP contribution in [-0.2, 0) is 14.3 Å². The molecule has 1 N–H and O–H groups in total. The van der Waals surface area contributed by atoms with Crippen LogP contribution in [0.5, 0.6) is 0 Å². The van der Waals surface area contributed by atoms with Gasteiger partial charge in [0.25, 0.3) is 0 Å². The molecule has 0 aliphatic carbocycles. The van der Waals surface area contributed by atoms with Crippen LogP contribution in [-0.4, -0.2) is 55.0 Å². The zero-order valence-electron chi connectivity index (χ0n) is 14.3. The Kier molecular flexibility index (Phi) is 6.66. The largest absolute Gasteiger partial charge is 0.465 e. The average molecular weight is 391 g/mol. The number of benzene rings is 1. The highest BCUT2D eigenvalue weighted by Gasteiger charge is 2.36. The van der Waals surface area contributed by atoms with Crippen LogP contribution < -0.4 is 0 Å². The lowest BCUT2D eigenvalue weighted by molar-refractivity contribution is -0.144. The Hall–Kier alpha value is -2.33. The summed E-state index contributed by atoms with van der Waals surface area (Å²) < 4.78 is 63.7. The first-order valence-corrected chi connectivity index (χ1v) is 8.04. The minimum Gasteiger partial charge on any atom is -0.465 e. The van der Waals surface area contributed by atoms with Crippen LogP contribution in [0.1, 0.15) is 23.7 Å². The number of halogens is 4. The number of aliphatic imine (C=N–C) groups is 1. The van der Waals surface area contributed by atoms with Gasteiger partial charge in [-0.1, -0.05) is 0 Å². The fraction of sp³-hybridized carbons (Fsp3) is 0.471. The quantitative estimate of drug-likeness (QED) is 0.146. The Bertz CT molecular complexity index is 762. The number of ether oxygens (including phenoxy) is 2. The van der Waals surface area contributed by atoms with Crippen LogP contribution in [0.4, 0.5) is 17.6 Å². The molecule has 0 spiro atoms. The molecule has 0 saturated carbocycles. The lowest BCUT2D eigenvalue weighted by Crippen LogP contribution is -2.35. The first kappa shape index (κ1) is 21.0. The molecule has 2 atom stereocenters. The monoisotopic (exact) mass is 391 g/mol. The molecule has 1 aliphatic rings. The van der Waals surface area contributed by atoms with E-state index in [1.54, 1.807) is 0 Å². The molecular weight excluding hydrogens is 374 g/mol. The Morgan fingerprint density at radius 3 is 2.59 bits per heavy atom. The summed E-state index contributed by atoms with van der Waals surface area (Å²) in [6.07, 6.45) is 1.13. The predicted octanol–water partition coefficient (Wildman–Crippen LogP) is 1.83. The van der Waals surface area contributed by atoms with E-state index < -0.39 is 58.6 Å². The van der Waals surface area contributed by atoms with Crippen molar-refractivity contribution < 1.29 is 41.7 Å². The lowest BCUT2D eigenvalue weighted by Gasteiger charge is -2.20. The number of aliphatic hydroxyl groups excluding tert-OH is 1. The van der Waals surface area contributed by atoms with Gasteiger partial charge >= 0.3 is 5.97 Å². The Labute approximate surface area is 151 Å². The van der Waals surface area contributed by atoms with Gasteiger partial charge in [0.05, 0.1) is 25.4 Å². The normalized spacial score (nSPS) is 20.8. The minimum atomic E-state index is -2.17. The van der Waals surface area contributed by atoms with Crippen molar-refractivity contribution in [2.24, 2.45) is 10.9 Å². The van der Waals surface area contributed by atoms with Gasteiger partial charge in [-0.3, -0.25) is 14.6 Å². The van der Waals surface area contributed by atoms with E-state index in [2.05, 4.69) is 4.99 Å². The van der Waals surface area contributed by atoms with Crippen LogP contribution in [0.2, 0.25) is 0 Å². The van der Waals surface area contributed by atoms with E-state index in [0.29, 0.717) is 13.0 Å². The van der Waals surface area contributed by atoms with Crippen molar-refractivity contribution in [3.05, 3.63) is 34.9 Å². The molecular formula is C17H17F4NO5. The third-order valence-electron chi connectivity index (χ3n) is 4.07. The summed E-state index contributed by atoms with van der Waals surface area (Å²) in [5.41, 5.74) is -2.25. The van der Waals surface area contributed by atoms with E-state index in [0.717, 1.165) is 6.21 Å². The molecule has 1 aromatic carbocycles. The Morgan fingerprint density at radius 2 is 2.04 bits per heavy atom. The number of aliphatic hydroxyl groups is 1. The number of ketones is 1. The van der Waals surface area contributed by atoms with E-state index in [1.807, 2.05) is 0 Å². The van der Waals surface area contributed by atoms with Crippen LogP contribution in [0, 0.1) is 29.2 Å². The molecule has 27 heavy (non-hydrogen) atoms. The molecule has 10 heteroatoms. The number of nitrogens with zero attached hydrogens (tertiary/aromatic N) is 1. The SMILES string of the molecule is CCOC(=O)C(C=NC1(CO)CCOC1)C(=O)c1cc(F)c(F)c(F)c1F. The zero-order chi connectivity index (χ0) is 20.2. The van der Waals surface area contributed by atoms with E-state index in [1.165, 1.54) is 6.92 Å². The minimum absolute atomic E-state index is 0.0257. The maximum absolute atomic E-state index is 13.9. The summed E-state index contributed by atoms with van der Waals surface area (Å²) in [5.74, 6) is -12.3. The number of hydrogen-bond acceptors (Lipinski definition) is 6. The highest BCUT2D eigenvalue weighted by molar-refractivity contribution is 6.18. The molecule has 1 fully saturated rings. The molecule has 1 aromatic rings. The summed E-state index contributed by atoms with van der Waals surface area (Å²) in [4.78, 5) is 28.6. The summed E-state index contributed by atoms with van der Waals surface area (Å²) >= 11 is 0. The molecule has 0 aromatic heterocycles. The van der Waals surface area contributed by atoms with Gasteiger partial charge in [-0.25, -0.2) is 17.6 Å². The smallest absolute Gasteiger partial charge is 0.322 e. The van der Waals surface area contributed by atoms with Gasteiger partial charge in [-0.05, 0) is 13.0 Å². The van der Waals surface area contributed by atoms with Gasteiger partial charge in [-0.2, -0.15) is 0 Å². The standard InChI is InChI=1S/C17H17F4NO5/c1-2-27-16(25)10(6-22-17(7-23)3-4-26-8-17)15(24)9-5-11(18)13(20)14(21)12(9)19/h5-6,10,23H,2-4,7-8H2,1H3. The first-order valence-electron chi connectivity index (χ1n) is 8.04. The Morgan fingerprint density at radius 1 is 1.33 bits per heavy atom. The summed E-state index contributed by atoms with van der Waals surface area (Å²) in [5, 5.41) is 9.48. The van der Waals surface area contributed by atoms with E-state index in [9.17, 15) is 32.3 Å². The fourth-order valence-electron chi connectivity index (χ4n) is 2.48. The highest BCUT2D eigenvalue weighted by atomic mass is 19.2. The van der Waals surface area contributed by atoms with Crippen molar-refractivity contribution in [3.63, 3.8) is 0 Å². The number of Topliss-reactive ketones (excluding diaryl/α,β-unsaturated/α-hetero) is 1. The van der Waals surface area contributed by atoms with Crippen LogP contribution in [0.3, 0.4) is 0 Å². The molecule has 2 rings (SSSR count).